The minimum absolute atomic E-state index is 0.174. The van der Waals surface area contributed by atoms with E-state index in [0.717, 1.165) is 11.1 Å². The number of nitrogens with zero attached hydrogens (tertiary/aromatic N) is 3. The summed E-state index contributed by atoms with van der Waals surface area (Å²) in [6.07, 6.45) is 5.22. The molecular formula is C15H15N3O3. The number of aryl methyl sites for hydroxylation is 1. The Morgan fingerprint density at radius 3 is 2.76 bits per heavy atom. The zero-order chi connectivity index (χ0) is 15.2. The molecule has 0 bridgehead atoms. The Labute approximate surface area is 122 Å². The van der Waals surface area contributed by atoms with Crippen molar-refractivity contribution >= 4 is 5.97 Å². The van der Waals surface area contributed by atoms with E-state index < -0.39 is 5.97 Å². The van der Waals surface area contributed by atoms with E-state index in [1.165, 1.54) is 4.90 Å². The topological polar surface area (TPSA) is 79.5 Å². The van der Waals surface area contributed by atoms with Gasteiger partial charge in [-0.05, 0) is 6.92 Å². The fourth-order valence-electron chi connectivity index (χ4n) is 1.82. The number of carboxylic acid groups (broad SMARTS) is 1. The average molecular weight is 285 g/mol. The third-order valence-electron chi connectivity index (χ3n) is 2.81. The van der Waals surface area contributed by atoms with Gasteiger partial charge in [0.25, 0.3) is 0 Å². The van der Waals surface area contributed by atoms with Gasteiger partial charge in [-0.25, -0.2) is 0 Å². The van der Waals surface area contributed by atoms with E-state index in [4.69, 9.17) is 16.1 Å². The second-order valence-electron chi connectivity index (χ2n) is 4.62. The smallest absolute Gasteiger partial charge is 0.317 e. The first-order valence-corrected chi connectivity index (χ1v) is 6.35. The van der Waals surface area contributed by atoms with Gasteiger partial charge in [0.2, 0.25) is 11.7 Å². The lowest BCUT2D eigenvalue weighted by Crippen LogP contribution is -2.29. The molecule has 0 fully saturated rings. The summed E-state index contributed by atoms with van der Waals surface area (Å²) in [5.41, 5.74) is 1.99. The summed E-state index contributed by atoms with van der Waals surface area (Å²) < 4.78 is 5.14. The highest BCUT2D eigenvalue weighted by molar-refractivity contribution is 5.69. The molecule has 1 aromatic heterocycles. The third-order valence-corrected chi connectivity index (χ3v) is 2.81. The van der Waals surface area contributed by atoms with E-state index in [2.05, 4.69) is 16.1 Å². The molecule has 0 saturated heterocycles. The van der Waals surface area contributed by atoms with Gasteiger partial charge in [-0.15, -0.1) is 6.42 Å². The Balaban J connectivity index is 2.10. The maximum atomic E-state index is 10.8. The predicted octanol–water partition coefficient (Wildman–Crippen LogP) is 1.56. The first kappa shape index (κ1) is 14.8. The minimum Gasteiger partial charge on any atom is -0.480 e. The van der Waals surface area contributed by atoms with Crippen LogP contribution in [0.25, 0.3) is 11.4 Å². The molecular weight excluding hydrogens is 270 g/mol. The average Bonchev–Trinajstić information content (AvgIpc) is 2.87. The third kappa shape index (κ3) is 4.16. The number of hydrogen-bond acceptors (Lipinski definition) is 5. The first-order chi connectivity index (χ1) is 10.1. The zero-order valence-electron chi connectivity index (χ0n) is 11.6. The molecule has 0 radical (unpaired) electrons. The second-order valence-corrected chi connectivity index (χ2v) is 4.62. The van der Waals surface area contributed by atoms with Gasteiger partial charge in [-0.3, -0.25) is 9.69 Å². The molecule has 0 aliphatic rings. The van der Waals surface area contributed by atoms with Crippen molar-refractivity contribution in [3.05, 3.63) is 35.7 Å². The predicted molar refractivity (Wildman–Crippen MR) is 76.2 cm³/mol. The van der Waals surface area contributed by atoms with Crippen LogP contribution in [0.4, 0.5) is 0 Å². The molecule has 0 spiro atoms. The maximum absolute atomic E-state index is 10.8. The fraction of sp³-hybridized carbons (Fsp3) is 0.267. The van der Waals surface area contributed by atoms with Gasteiger partial charge in [-0.1, -0.05) is 40.9 Å². The van der Waals surface area contributed by atoms with Crippen LogP contribution in [-0.4, -0.2) is 39.2 Å². The Morgan fingerprint density at radius 2 is 2.14 bits per heavy atom. The summed E-state index contributed by atoms with van der Waals surface area (Å²) in [6, 6.07) is 7.72. The monoisotopic (exact) mass is 285 g/mol. The largest absolute Gasteiger partial charge is 0.480 e. The molecule has 0 aliphatic carbocycles. The van der Waals surface area contributed by atoms with Crippen LogP contribution in [0, 0.1) is 19.3 Å². The molecule has 21 heavy (non-hydrogen) atoms. The lowest BCUT2D eigenvalue weighted by atomic mass is 10.1. The fourth-order valence-corrected chi connectivity index (χ4v) is 1.82. The van der Waals surface area contributed by atoms with Gasteiger partial charge in [0.05, 0.1) is 19.6 Å². The highest BCUT2D eigenvalue weighted by Gasteiger charge is 2.14. The number of aromatic nitrogens is 2. The van der Waals surface area contributed by atoms with Crippen LogP contribution in [0.2, 0.25) is 0 Å². The summed E-state index contributed by atoms with van der Waals surface area (Å²) in [7, 11) is 0. The summed E-state index contributed by atoms with van der Waals surface area (Å²) in [6.45, 7) is 2.23. The number of rotatable bonds is 6. The SMILES string of the molecule is C#CCN(CC(=O)O)Cc1nc(-c2ccc(C)cc2)no1. The van der Waals surface area contributed by atoms with Gasteiger partial charge in [-0.2, -0.15) is 4.98 Å². The van der Waals surface area contributed by atoms with Crippen LogP contribution in [0.15, 0.2) is 28.8 Å². The Hall–Kier alpha value is -2.65. The van der Waals surface area contributed by atoms with Crippen LogP contribution in [0.1, 0.15) is 11.5 Å². The van der Waals surface area contributed by atoms with Crippen molar-refractivity contribution in [2.45, 2.75) is 13.5 Å². The molecule has 1 N–H and O–H groups in total. The van der Waals surface area contributed by atoms with Gasteiger partial charge in [0.15, 0.2) is 0 Å². The number of aliphatic carboxylic acids is 1. The van der Waals surface area contributed by atoms with E-state index in [1.807, 2.05) is 31.2 Å². The van der Waals surface area contributed by atoms with E-state index in [0.29, 0.717) is 11.7 Å². The van der Waals surface area contributed by atoms with Crippen LogP contribution >= 0.6 is 0 Å². The normalized spacial score (nSPS) is 10.5. The Morgan fingerprint density at radius 1 is 1.43 bits per heavy atom. The standard InChI is InChI=1S/C15H15N3O3/c1-3-8-18(10-14(19)20)9-13-16-15(17-21-13)12-6-4-11(2)5-7-12/h1,4-7H,8-10H2,2H3,(H,19,20). The van der Waals surface area contributed by atoms with Gasteiger partial charge < -0.3 is 9.63 Å². The number of carbonyl (C=O) groups is 1. The molecule has 6 nitrogen and oxygen atoms in total. The number of carboxylic acids is 1. The maximum Gasteiger partial charge on any atom is 0.317 e. The van der Waals surface area contributed by atoms with Crippen molar-refractivity contribution in [2.75, 3.05) is 13.1 Å². The van der Waals surface area contributed by atoms with Crippen molar-refractivity contribution in [1.29, 1.82) is 0 Å². The minimum atomic E-state index is -0.955. The van der Waals surface area contributed by atoms with Crippen LogP contribution in [-0.2, 0) is 11.3 Å². The molecule has 6 heteroatoms. The Bertz CT molecular complexity index is 656. The lowest BCUT2D eigenvalue weighted by molar-refractivity contribution is -0.138. The molecule has 2 aromatic rings. The highest BCUT2D eigenvalue weighted by atomic mass is 16.5. The van der Waals surface area contributed by atoms with Gasteiger partial charge >= 0.3 is 5.97 Å². The van der Waals surface area contributed by atoms with Crippen molar-refractivity contribution < 1.29 is 14.4 Å². The van der Waals surface area contributed by atoms with E-state index in [-0.39, 0.29) is 19.6 Å². The lowest BCUT2D eigenvalue weighted by Gasteiger charge is -2.13. The number of benzene rings is 1. The highest BCUT2D eigenvalue weighted by Crippen LogP contribution is 2.16. The number of terminal acetylenes is 1. The number of hydrogen-bond donors (Lipinski definition) is 1. The van der Waals surface area contributed by atoms with Gasteiger partial charge in [0, 0.05) is 5.56 Å². The van der Waals surface area contributed by atoms with E-state index in [9.17, 15) is 4.79 Å². The van der Waals surface area contributed by atoms with E-state index in [1.54, 1.807) is 0 Å². The molecule has 108 valence electrons. The molecule has 1 heterocycles. The van der Waals surface area contributed by atoms with Crippen molar-refractivity contribution in [3.63, 3.8) is 0 Å². The molecule has 2 rings (SSSR count). The Kier molecular flexibility index (Phi) is 4.69. The summed E-state index contributed by atoms with van der Waals surface area (Å²) in [5.74, 6) is 2.26. The molecule has 1 aromatic carbocycles. The van der Waals surface area contributed by atoms with Crippen LogP contribution in [0.5, 0.6) is 0 Å². The molecule has 0 atom stereocenters. The second kappa shape index (κ2) is 6.68. The molecule has 0 amide bonds. The van der Waals surface area contributed by atoms with E-state index >= 15 is 0 Å². The van der Waals surface area contributed by atoms with Crippen molar-refractivity contribution in [1.82, 2.24) is 15.0 Å². The van der Waals surface area contributed by atoms with Crippen molar-refractivity contribution in [2.24, 2.45) is 0 Å². The summed E-state index contributed by atoms with van der Waals surface area (Å²) in [5, 5.41) is 12.7. The van der Waals surface area contributed by atoms with Gasteiger partial charge in [0.1, 0.15) is 0 Å². The molecule has 0 unspecified atom stereocenters. The first-order valence-electron chi connectivity index (χ1n) is 6.35. The summed E-state index contributed by atoms with van der Waals surface area (Å²) >= 11 is 0. The van der Waals surface area contributed by atoms with Crippen LogP contribution < -0.4 is 0 Å². The molecule has 0 aliphatic heterocycles. The zero-order valence-corrected chi connectivity index (χ0v) is 11.6. The quantitative estimate of drug-likeness (QED) is 0.811. The van der Waals surface area contributed by atoms with Crippen molar-refractivity contribution in [3.8, 4) is 23.7 Å². The molecule has 0 saturated carbocycles. The summed E-state index contributed by atoms with van der Waals surface area (Å²) in [4.78, 5) is 16.6. The van der Waals surface area contributed by atoms with Crippen LogP contribution in [0.3, 0.4) is 0 Å².